The van der Waals surface area contributed by atoms with Crippen molar-refractivity contribution < 1.29 is 9.59 Å². The molecule has 3 aliphatic rings. The number of Topliss-reactive ketones (excluding diaryl/α,β-unsaturated/α-hetero) is 2. The largest absolute Gasteiger partial charge is 0.289 e. The van der Waals surface area contributed by atoms with Crippen LogP contribution >= 0.6 is 0 Å². The first-order valence-electron chi connectivity index (χ1n) is 6.30. The lowest BCUT2D eigenvalue weighted by Gasteiger charge is -2.22. The molecule has 18 heavy (non-hydrogen) atoms. The molecular formula is C16H12O2. The van der Waals surface area contributed by atoms with E-state index in [1.807, 2.05) is 19.1 Å². The summed E-state index contributed by atoms with van der Waals surface area (Å²) in [6.45, 7) is 1.90. The normalized spacial score (nSPS) is 27.8. The van der Waals surface area contributed by atoms with Gasteiger partial charge in [-0.1, -0.05) is 30.4 Å². The number of fused-ring (bicyclic) bond motifs is 5. The molecule has 0 amide bonds. The average molecular weight is 236 g/mol. The van der Waals surface area contributed by atoms with Crippen LogP contribution < -0.4 is 0 Å². The second kappa shape index (κ2) is 3.08. The van der Waals surface area contributed by atoms with Crippen molar-refractivity contribution in [1.29, 1.82) is 0 Å². The van der Waals surface area contributed by atoms with Gasteiger partial charge in [0, 0.05) is 34.1 Å². The molecule has 3 aliphatic carbocycles. The molecule has 0 fully saturated rings. The van der Waals surface area contributed by atoms with Gasteiger partial charge in [-0.15, -0.1) is 0 Å². The monoisotopic (exact) mass is 236 g/mol. The van der Waals surface area contributed by atoms with Crippen molar-refractivity contribution in [2.45, 2.75) is 13.3 Å². The number of hydrogen-bond donors (Lipinski definition) is 0. The van der Waals surface area contributed by atoms with Crippen LogP contribution in [0.3, 0.4) is 0 Å². The summed E-state index contributed by atoms with van der Waals surface area (Å²) in [4.78, 5) is 25.2. The predicted molar refractivity (Wildman–Crippen MR) is 67.6 cm³/mol. The Morgan fingerprint density at radius 1 is 1.00 bits per heavy atom. The van der Waals surface area contributed by atoms with E-state index in [0.717, 1.165) is 23.1 Å². The maximum atomic E-state index is 12.6. The average Bonchev–Trinajstić information content (AvgIpc) is 2.96. The number of ketones is 2. The zero-order valence-electron chi connectivity index (χ0n) is 10.1. The Hall–Kier alpha value is -1.96. The third kappa shape index (κ3) is 0.993. The fourth-order valence-corrected chi connectivity index (χ4v) is 3.55. The van der Waals surface area contributed by atoms with Crippen LogP contribution in [0.4, 0.5) is 0 Å². The number of aryl methyl sites for hydroxylation is 1. The van der Waals surface area contributed by atoms with Crippen LogP contribution in [0.2, 0.25) is 0 Å². The minimum absolute atomic E-state index is 0.0696. The summed E-state index contributed by atoms with van der Waals surface area (Å²) in [5, 5.41) is 0. The number of benzene rings is 1. The summed E-state index contributed by atoms with van der Waals surface area (Å²) >= 11 is 0. The highest BCUT2D eigenvalue weighted by Gasteiger charge is 2.45. The Balaban J connectivity index is 2.01. The van der Waals surface area contributed by atoms with Crippen molar-refractivity contribution in [3.05, 3.63) is 58.2 Å². The van der Waals surface area contributed by atoms with Crippen LogP contribution in [-0.4, -0.2) is 11.6 Å². The first-order chi connectivity index (χ1) is 8.68. The number of carbonyl (C=O) groups excluding carboxylic acids is 2. The number of carbonyl (C=O) groups is 2. The Bertz CT molecular complexity index is 676. The van der Waals surface area contributed by atoms with Gasteiger partial charge in [0.05, 0.1) is 0 Å². The van der Waals surface area contributed by atoms with Crippen molar-refractivity contribution in [3.63, 3.8) is 0 Å². The van der Waals surface area contributed by atoms with Gasteiger partial charge in [-0.25, -0.2) is 0 Å². The fourth-order valence-electron chi connectivity index (χ4n) is 3.55. The van der Waals surface area contributed by atoms with E-state index in [1.54, 1.807) is 6.07 Å². The van der Waals surface area contributed by atoms with Crippen LogP contribution in [0, 0.1) is 18.8 Å². The second-order valence-electron chi connectivity index (χ2n) is 5.32. The zero-order valence-corrected chi connectivity index (χ0v) is 10.1. The van der Waals surface area contributed by atoms with Gasteiger partial charge < -0.3 is 0 Å². The van der Waals surface area contributed by atoms with E-state index in [-0.39, 0.29) is 23.4 Å². The minimum atomic E-state index is 0.0696. The number of hydrogen-bond acceptors (Lipinski definition) is 2. The lowest BCUT2D eigenvalue weighted by atomic mass is 9.78. The van der Waals surface area contributed by atoms with Crippen LogP contribution in [-0.2, 0) is 0 Å². The van der Waals surface area contributed by atoms with Crippen LogP contribution in [0.25, 0.3) is 0 Å². The Labute approximate surface area is 105 Å². The highest BCUT2D eigenvalue weighted by Crippen LogP contribution is 2.48. The summed E-state index contributed by atoms with van der Waals surface area (Å²) in [5.74, 6) is 0.499. The van der Waals surface area contributed by atoms with E-state index < -0.39 is 0 Å². The fraction of sp³-hybridized carbons (Fsp3) is 0.250. The molecule has 2 nitrogen and oxygen atoms in total. The molecule has 0 heterocycles. The van der Waals surface area contributed by atoms with E-state index in [9.17, 15) is 9.59 Å². The molecule has 1 aromatic carbocycles. The Morgan fingerprint density at radius 3 is 2.39 bits per heavy atom. The highest BCUT2D eigenvalue weighted by atomic mass is 16.1. The molecule has 1 aromatic rings. The molecule has 0 radical (unpaired) electrons. The molecule has 2 atom stereocenters. The first kappa shape index (κ1) is 10.0. The Kier molecular flexibility index (Phi) is 1.71. The van der Waals surface area contributed by atoms with E-state index in [4.69, 9.17) is 0 Å². The molecule has 0 aromatic heterocycles. The molecule has 0 saturated heterocycles. The standard InChI is InChI=1S/C16H12O2/c1-8-3-2-4-11-12(8)16(18)14-10-6-5-9(7-10)13(14)15(11)17/h2-6,9-10H,7H2,1H3. The molecule has 0 N–H and O–H groups in total. The molecule has 2 unspecified atom stereocenters. The Morgan fingerprint density at radius 2 is 1.67 bits per heavy atom. The van der Waals surface area contributed by atoms with Crippen molar-refractivity contribution in [1.82, 2.24) is 0 Å². The second-order valence-corrected chi connectivity index (χ2v) is 5.32. The maximum Gasteiger partial charge on any atom is 0.191 e. The lowest BCUT2D eigenvalue weighted by Crippen LogP contribution is -2.25. The summed E-state index contributed by atoms with van der Waals surface area (Å²) in [6.07, 6.45) is 5.07. The summed E-state index contributed by atoms with van der Waals surface area (Å²) < 4.78 is 0. The van der Waals surface area contributed by atoms with Gasteiger partial charge in [-0.3, -0.25) is 9.59 Å². The quantitative estimate of drug-likeness (QED) is 0.649. The van der Waals surface area contributed by atoms with Gasteiger partial charge in [-0.2, -0.15) is 0 Å². The van der Waals surface area contributed by atoms with E-state index in [1.165, 1.54) is 0 Å². The third-order valence-electron chi connectivity index (χ3n) is 4.35. The summed E-state index contributed by atoms with van der Waals surface area (Å²) in [5.41, 5.74) is 3.67. The van der Waals surface area contributed by atoms with E-state index in [2.05, 4.69) is 12.2 Å². The maximum absolute atomic E-state index is 12.6. The lowest BCUT2D eigenvalue weighted by molar-refractivity contribution is 0.0969. The van der Waals surface area contributed by atoms with Crippen molar-refractivity contribution in [3.8, 4) is 0 Å². The minimum Gasteiger partial charge on any atom is -0.289 e. The van der Waals surface area contributed by atoms with Gasteiger partial charge in [0.25, 0.3) is 0 Å². The molecule has 0 aliphatic heterocycles. The SMILES string of the molecule is Cc1cccc2c1C(=O)C1=C(C2=O)C2C=CC1C2. The predicted octanol–water partition coefficient (Wildman–Crippen LogP) is 2.88. The smallest absolute Gasteiger partial charge is 0.191 e. The number of rotatable bonds is 0. The van der Waals surface area contributed by atoms with E-state index in [0.29, 0.717) is 11.1 Å². The molecule has 2 heteroatoms. The topological polar surface area (TPSA) is 34.1 Å². The van der Waals surface area contributed by atoms with Crippen LogP contribution in [0.5, 0.6) is 0 Å². The molecule has 4 rings (SSSR count). The summed E-state index contributed by atoms with van der Waals surface area (Å²) in [7, 11) is 0. The van der Waals surface area contributed by atoms with Crippen molar-refractivity contribution in [2.75, 3.05) is 0 Å². The van der Waals surface area contributed by atoms with Crippen molar-refractivity contribution >= 4 is 11.6 Å². The van der Waals surface area contributed by atoms with Gasteiger partial charge >= 0.3 is 0 Å². The number of allylic oxidation sites excluding steroid dienone is 4. The highest BCUT2D eigenvalue weighted by molar-refractivity contribution is 6.28. The molecule has 88 valence electrons. The molecule has 2 bridgehead atoms. The molecule has 0 spiro atoms. The molecular weight excluding hydrogens is 224 g/mol. The van der Waals surface area contributed by atoms with Gasteiger partial charge in [-0.05, 0) is 18.9 Å². The summed E-state index contributed by atoms with van der Waals surface area (Å²) in [6, 6.07) is 5.54. The van der Waals surface area contributed by atoms with Gasteiger partial charge in [0.1, 0.15) is 0 Å². The van der Waals surface area contributed by atoms with Gasteiger partial charge in [0.2, 0.25) is 0 Å². The molecule has 0 saturated carbocycles. The third-order valence-corrected chi connectivity index (χ3v) is 4.35. The van der Waals surface area contributed by atoms with Crippen LogP contribution in [0.1, 0.15) is 32.7 Å². The van der Waals surface area contributed by atoms with Crippen molar-refractivity contribution in [2.24, 2.45) is 11.8 Å². The van der Waals surface area contributed by atoms with Gasteiger partial charge in [0.15, 0.2) is 11.6 Å². The first-order valence-corrected chi connectivity index (χ1v) is 6.30. The van der Waals surface area contributed by atoms with E-state index >= 15 is 0 Å². The van der Waals surface area contributed by atoms with Crippen LogP contribution in [0.15, 0.2) is 41.5 Å². The zero-order chi connectivity index (χ0) is 12.4.